The maximum Gasteiger partial charge on any atom is 0.343 e. The zero-order valence-electron chi connectivity index (χ0n) is 5.34. The first-order valence-corrected chi connectivity index (χ1v) is 3.60. The summed E-state index contributed by atoms with van der Waals surface area (Å²) >= 11 is 1.39. The average Bonchev–Trinajstić information content (AvgIpc) is 2.39. The van der Waals surface area contributed by atoms with Gasteiger partial charge in [0, 0.05) is 4.91 Å². The highest BCUT2D eigenvalue weighted by atomic mass is 32.2. The van der Waals surface area contributed by atoms with E-state index in [1.165, 1.54) is 11.8 Å². The molecule has 0 saturated carbocycles. The first-order chi connectivity index (χ1) is 4.13. The number of hydrogen-bond acceptors (Lipinski definition) is 2. The summed E-state index contributed by atoms with van der Waals surface area (Å²) in [5, 5.41) is 8.39. The molecular formula is C6H8O2S. The second-order valence-electron chi connectivity index (χ2n) is 2.26. The summed E-state index contributed by atoms with van der Waals surface area (Å²) < 4.78 is 0. The summed E-state index contributed by atoms with van der Waals surface area (Å²) in [5.74, 6) is -0.384. The third-order valence-corrected chi connectivity index (χ3v) is 2.40. The molecule has 0 amide bonds. The molecule has 0 atom stereocenters. The number of carboxylic acid groups (broad SMARTS) is 1. The summed E-state index contributed by atoms with van der Waals surface area (Å²) in [4.78, 5) is 11.8. The Hall–Kier alpha value is -0.440. The van der Waals surface area contributed by atoms with E-state index < -0.39 is 5.97 Å². The third kappa shape index (κ3) is 1.27. The summed E-state index contributed by atoms with van der Waals surface area (Å²) in [6, 6.07) is 0. The van der Waals surface area contributed by atoms with Gasteiger partial charge < -0.3 is 5.11 Å². The van der Waals surface area contributed by atoms with Crippen LogP contribution in [-0.2, 0) is 4.79 Å². The molecule has 1 aliphatic heterocycles. The van der Waals surface area contributed by atoms with Crippen LogP contribution < -0.4 is 0 Å². The molecule has 1 rings (SSSR count). The maximum absolute atomic E-state index is 10.2. The molecule has 3 heteroatoms. The summed E-state index contributed by atoms with van der Waals surface area (Å²) in [6.07, 6.45) is 0. The van der Waals surface area contributed by atoms with Gasteiger partial charge in [-0.3, -0.25) is 0 Å². The molecule has 1 heterocycles. The largest absolute Gasteiger partial charge is 0.477 e. The van der Waals surface area contributed by atoms with Crippen molar-refractivity contribution in [2.75, 3.05) is 0 Å². The lowest BCUT2D eigenvalue weighted by Crippen LogP contribution is -1.88. The van der Waals surface area contributed by atoms with E-state index in [2.05, 4.69) is 0 Å². The van der Waals surface area contributed by atoms with Crippen molar-refractivity contribution >= 4 is 17.7 Å². The van der Waals surface area contributed by atoms with Crippen molar-refractivity contribution in [2.45, 2.75) is 13.8 Å². The molecule has 0 saturated heterocycles. The number of allylic oxidation sites excluding steroid dienone is 1. The normalized spacial score (nSPS) is 16.8. The number of carbonyl (C=O) groups is 1. The topological polar surface area (TPSA) is 37.3 Å². The highest BCUT2D eigenvalue weighted by molar-refractivity contribution is 8.14. The number of aliphatic carboxylic acids is 1. The molecule has 9 heavy (non-hydrogen) atoms. The van der Waals surface area contributed by atoms with Gasteiger partial charge in [-0.15, -0.1) is 0 Å². The van der Waals surface area contributed by atoms with Gasteiger partial charge in [-0.25, -0.2) is 4.79 Å². The highest BCUT2D eigenvalue weighted by Gasteiger charge is 2.31. The summed E-state index contributed by atoms with van der Waals surface area (Å²) in [5.41, 5.74) is 0. The fourth-order valence-electron chi connectivity index (χ4n) is 0.614. The monoisotopic (exact) mass is 144 g/mol. The lowest BCUT2D eigenvalue weighted by atomic mass is 10.2. The SMILES string of the molecule is CC(C)C1=C(C(=O)O)S1. The van der Waals surface area contributed by atoms with E-state index in [0.717, 1.165) is 4.91 Å². The van der Waals surface area contributed by atoms with Gasteiger partial charge in [0.05, 0.1) is 0 Å². The van der Waals surface area contributed by atoms with E-state index in [1.807, 2.05) is 13.8 Å². The molecule has 0 radical (unpaired) electrons. The van der Waals surface area contributed by atoms with Crippen LogP contribution in [-0.4, -0.2) is 11.1 Å². The Morgan fingerprint density at radius 2 is 2.22 bits per heavy atom. The molecule has 1 aliphatic rings. The van der Waals surface area contributed by atoms with Crippen molar-refractivity contribution in [3.63, 3.8) is 0 Å². The van der Waals surface area contributed by atoms with Crippen LogP contribution in [0.5, 0.6) is 0 Å². The molecule has 1 N–H and O–H groups in total. The molecule has 0 bridgehead atoms. The van der Waals surface area contributed by atoms with E-state index in [4.69, 9.17) is 5.11 Å². The van der Waals surface area contributed by atoms with Crippen LogP contribution in [0.3, 0.4) is 0 Å². The molecule has 0 aromatic rings. The average molecular weight is 144 g/mol. The Labute approximate surface area is 57.9 Å². The first kappa shape index (κ1) is 6.68. The van der Waals surface area contributed by atoms with Gasteiger partial charge in [-0.1, -0.05) is 25.6 Å². The van der Waals surface area contributed by atoms with Gasteiger partial charge in [0.2, 0.25) is 0 Å². The van der Waals surface area contributed by atoms with Crippen LogP contribution in [0.4, 0.5) is 0 Å². The van der Waals surface area contributed by atoms with Crippen LogP contribution in [0, 0.1) is 5.92 Å². The number of hydrogen-bond donors (Lipinski definition) is 1. The van der Waals surface area contributed by atoms with E-state index in [-0.39, 0.29) is 0 Å². The van der Waals surface area contributed by atoms with Gasteiger partial charge in [-0.05, 0) is 5.92 Å². The Bertz CT molecular complexity index is 181. The van der Waals surface area contributed by atoms with Crippen molar-refractivity contribution < 1.29 is 9.90 Å². The minimum atomic E-state index is -0.774. The lowest BCUT2D eigenvalue weighted by Gasteiger charge is -1.88. The molecule has 50 valence electrons. The number of thioether (sulfide) groups is 1. The third-order valence-electron chi connectivity index (χ3n) is 1.11. The summed E-state index contributed by atoms with van der Waals surface area (Å²) in [7, 11) is 0. The molecule has 0 aromatic carbocycles. The Morgan fingerprint density at radius 1 is 1.67 bits per heavy atom. The van der Waals surface area contributed by atoms with Crippen LogP contribution in [0.1, 0.15) is 13.8 Å². The molecule has 0 unspecified atom stereocenters. The molecule has 0 spiro atoms. The predicted molar refractivity (Wildman–Crippen MR) is 37.1 cm³/mol. The number of rotatable bonds is 2. The standard InChI is InChI=1S/C6H8O2S/c1-3(2)4-5(9-4)6(7)8/h3H,1-2H3,(H,7,8). The van der Waals surface area contributed by atoms with Gasteiger partial charge in [0.25, 0.3) is 0 Å². The van der Waals surface area contributed by atoms with Gasteiger partial charge in [0.15, 0.2) is 0 Å². The molecule has 0 aromatic heterocycles. The summed E-state index contributed by atoms with van der Waals surface area (Å²) in [6.45, 7) is 4.00. The predicted octanol–water partition coefficient (Wildman–Crippen LogP) is 1.69. The van der Waals surface area contributed by atoms with Crippen LogP contribution in [0.2, 0.25) is 0 Å². The van der Waals surface area contributed by atoms with Gasteiger partial charge >= 0.3 is 5.97 Å². The zero-order chi connectivity index (χ0) is 7.02. The highest BCUT2D eigenvalue weighted by Crippen LogP contribution is 2.49. The minimum Gasteiger partial charge on any atom is -0.477 e. The molecule has 0 aliphatic carbocycles. The quantitative estimate of drug-likeness (QED) is 0.640. The van der Waals surface area contributed by atoms with Crippen LogP contribution in [0.15, 0.2) is 9.81 Å². The van der Waals surface area contributed by atoms with Gasteiger partial charge in [0.1, 0.15) is 4.91 Å². The minimum absolute atomic E-state index is 0.390. The zero-order valence-corrected chi connectivity index (χ0v) is 6.16. The molecule has 2 nitrogen and oxygen atoms in total. The van der Waals surface area contributed by atoms with E-state index in [0.29, 0.717) is 10.8 Å². The van der Waals surface area contributed by atoms with Crippen LogP contribution in [0.25, 0.3) is 0 Å². The molecule has 0 fully saturated rings. The fourth-order valence-corrected chi connectivity index (χ4v) is 1.43. The van der Waals surface area contributed by atoms with Crippen molar-refractivity contribution in [1.82, 2.24) is 0 Å². The van der Waals surface area contributed by atoms with E-state index in [1.54, 1.807) is 0 Å². The van der Waals surface area contributed by atoms with E-state index >= 15 is 0 Å². The van der Waals surface area contributed by atoms with Crippen molar-refractivity contribution in [2.24, 2.45) is 5.92 Å². The second-order valence-corrected chi connectivity index (χ2v) is 3.31. The molecular weight excluding hydrogens is 136 g/mol. The Morgan fingerprint density at radius 3 is 2.33 bits per heavy atom. The van der Waals surface area contributed by atoms with Gasteiger partial charge in [-0.2, -0.15) is 0 Å². The Kier molecular flexibility index (Phi) is 1.53. The van der Waals surface area contributed by atoms with Crippen LogP contribution >= 0.6 is 11.8 Å². The smallest absolute Gasteiger partial charge is 0.343 e. The fraction of sp³-hybridized carbons (Fsp3) is 0.500. The van der Waals surface area contributed by atoms with Crippen molar-refractivity contribution in [1.29, 1.82) is 0 Å². The van der Waals surface area contributed by atoms with E-state index in [9.17, 15) is 4.79 Å². The number of carboxylic acids is 1. The Balaban J connectivity index is 2.60. The second kappa shape index (κ2) is 2.06. The van der Waals surface area contributed by atoms with Crippen molar-refractivity contribution in [3.8, 4) is 0 Å². The lowest BCUT2D eigenvalue weighted by molar-refractivity contribution is -0.131. The maximum atomic E-state index is 10.2. The first-order valence-electron chi connectivity index (χ1n) is 2.78. The van der Waals surface area contributed by atoms with Crippen molar-refractivity contribution in [3.05, 3.63) is 9.81 Å².